The minimum absolute atomic E-state index is 0.0331. The van der Waals surface area contributed by atoms with Gasteiger partial charge in [-0.05, 0) is 150 Å². The van der Waals surface area contributed by atoms with E-state index in [1.54, 1.807) is 0 Å². The van der Waals surface area contributed by atoms with Crippen LogP contribution < -0.4 is 21.7 Å². The Morgan fingerprint density at radius 1 is 0.789 bits per heavy atom. The highest BCUT2D eigenvalue weighted by molar-refractivity contribution is 5.16. The average Bonchev–Trinajstić information content (AvgIpc) is 3.23. The lowest BCUT2D eigenvalue weighted by Gasteiger charge is -2.65. The van der Waals surface area contributed by atoms with E-state index in [1.807, 2.05) is 7.05 Å². The summed E-state index contributed by atoms with van der Waals surface area (Å²) in [5.41, 5.74) is 8.42. The molecule has 0 radical (unpaired) electrons. The van der Waals surface area contributed by atoms with Crippen molar-refractivity contribution in [2.75, 3.05) is 33.2 Å². The van der Waals surface area contributed by atoms with Gasteiger partial charge in [-0.1, -0.05) is 53.9 Å². The van der Waals surface area contributed by atoms with E-state index in [4.69, 9.17) is 5.73 Å². The standard InChI is InChI=1S/C34H66N4/c1-25(2)10-7-11-26(3)29-12-13-30-28-15-19-34(35)24-27(38-23-9-22-37-21-8-20-36-6)14-18-33(34,5)31(28)16-17-32(29,30)4/h25-31,36-38H,7-24,35H2,1-6H3/t26?,27-,28?,29+,30?,31?,32+,33+,34+/m0/s1. The third-order valence-electron chi connectivity index (χ3n) is 12.9. The third kappa shape index (κ3) is 6.34. The highest BCUT2D eigenvalue weighted by atomic mass is 15.0. The molecule has 0 aromatic carbocycles. The lowest BCUT2D eigenvalue weighted by atomic mass is 9.42. The largest absolute Gasteiger partial charge is 0.325 e. The fraction of sp³-hybridized carbons (Fsp3) is 1.00. The van der Waals surface area contributed by atoms with Gasteiger partial charge in [-0.3, -0.25) is 0 Å². The summed E-state index contributed by atoms with van der Waals surface area (Å²) in [4.78, 5) is 0. The van der Waals surface area contributed by atoms with E-state index in [2.05, 4.69) is 50.6 Å². The maximum absolute atomic E-state index is 7.46. The number of nitrogens with two attached hydrogens (primary N) is 1. The molecule has 0 aromatic rings. The molecule has 4 fully saturated rings. The van der Waals surface area contributed by atoms with Crippen LogP contribution >= 0.6 is 0 Å². The van der Waals surface area contributed by atoms with Crippen LogP contribution in [0.4, 0.5) is 0 Å². The van der Waals surface area contributed by atoms with E-state index in [0.29, 0.717) is 16.9 Å². The van der Waals surface area contributed by atoms with Gasteiger partial charge < -0.3 is 21.7 Å². The quantitative estimate of drug-likeness (QED) is 0.188. The maximum atomic E-state index is 7.46. The Morgan fingerprint density at radius 2 is 1.55 bits per heavy atom. The van der Waals surface area contributed by atoms with Crippen molar-refractivity contribution in [3.8, 4) is 0 Å². The summed E-state index contributed by atoms with van der Waals surface area (Å²) in [6, 6.07) is 0.616. The van der Waals surface area contributed by atoms with Gasteiger partial charge in [0, 0.05) is 11.6 Å². The van der Waals surface area contributed by atoms with Crippen molar-refractivity contribution >= 4 is 0 Å². The Hall–Kier alpha value is -0.160. The molecule has 5 N–H and O–H groups in total. The lowest BCUT2D eigenvalue weighted by molar-refractivity contribution is -0.128. The Bertz CT molecular complexity index is 725. The van der Waals surface area contributed by atoms with E-state index < -0.39 is 0 Å². The van der Waals surface area contributed by atoms with Gasteiger partial charge in [-0.25, -0.2) is 0 Å². The van der Waals surface area contributed by atoms with Crippen molar-refractivity contribution in [1.82, 2.24) is 16.0 Å². The predicted molar refractivity (Wildman–Crippen MR) is 164 cm³/mol. The normalized spacial score (nSPS) is 41.5. The fourth-order valence-electron chi connectivity index (χ4n) is 10.6. The molecule has 4 rings (SSSR count). The number of hydrogen-bond donors (Lipinski definition) is 4. The average molecular weight is 531 g/mol. The van der Waals surface area contributed by atoms with Crippen molar-refractivity contribution < 1.29 is 0 Å². The summed E-state index contributed by atoms with van der Waals surface area (Å²) in [7, 11) is 2.03. The Labute approximate surface area is 237 Å². The van der Waals surface area contributed by atoms with E-state index in [0.717, 1.165) is 61.7 Å². The van der Waals surface area contributed by atoms with Crippen LogP contribution in [0.1, 0.15) is 125 Å². The van der Waals surface area contributed by atoms with Crippen LogP contribution in [0.3, 0.4) is 0 Å². The highest BCUT2D eigenvalue weighted by Gasteiger charge is 2.63. The minimum atomic E-state index is 0.0331. The molecule has 4 nitrogen and oxygen atoms in total. The molecule has 0 heterocycles. The topological polar surface area (TPSA) is 62.1 Å². The maximum Gasteiger partial charge on any atom is 0.0226 e. The van der Waals surface area contributed by atoms with Crippen LogP contribution in [0, 0.1) is 46.3 Å². The van der Waals surface area contributed by atoms with Crippen LogP contribution in [0.5, 0.6) is 0 Å². The van der Waals surface area contributed by atoms with Gasteiger partial charge in [-0.15, -0.1) is 0 Å². The van der Waals surface area contributed by atoms with Crippen LogP contribution in [-0.2, 0) is 0 Å². The van der Waals surface area contributed by atoms with Crippen LogP contribution in [0.25, 0.3) is 0 Å². The molecule has 4 unspecified atom stereocenters. The molecule has 0 spiro atoms. The van der Waals surface area contributed by atoms with Crippen LogP contribution in [0.15, 0.2) is 0 Å². The number of nitrogens with one attached hydrogen (secondary N) is 3. The summed E-state index contributed by atoms with van der Waals surface area (Å²) in [5, 5.41) is 10.7. The summed E-state index contributed by atoms with van der Waals surface area (Å²) in [6.07, 6.45) is 19.1. The van der Waals surface area contributed by atoms with E-state index in [9.17, 15) is 0 Å². The SMILES string of the molecule is CNCCCNCCCN[C@H]1CC[C@]2(C)C3CC[C@@]4(C)C(CC[C@@H]4C(C)CCCC(C)C)C3CC[C@@]2(N)C1. The second-order valence-corrected chi connectivity index (χ2v) is 15.5. The fourth-order valence-corrected chi connectivity index (χ4v) is 10.6. The van der Waals surface area contributed by atoms with Crippen molar-refractivity contribution in [3.05, 3.63) is 0 Å². The monoisotopic (exact) mass is 531 g/mol. The second kappa shape index (κ2) is 13.2. The van der Waals surface area contributed by atoms with Crippen molar-refractivity contribution in [2.24, 2.45) is 52.1 Å². The molecular weight excluding hydrogens is 464 g/mol. The summed E-state index contributed by atoms with van der Waals surface area (Å²) in [5.74, 6) is 5.45. The van der Waals surface area contributed by atoms with Gasteiger partial charge in [0.1, 0.15) is 0 Å². The van der Waals surface area contributed by atoms with Gasteiger partial charge in [0.25, 0.3) is 0 Å². The summed E-state index contributed by atoms with van der Waals surface area (Å²) >= 11 is 0. The Morgan fingerprint density at radius 3 is 2.29 bits per heavy atom. The number of rotatable bonds is 14. The zero-order chi connectivity index (χ0) is 27.4. The van der Waals surface area contributed by atoms with Crippen molar-refractivity contribution in [3.63, 3.8) is 0 Å². The summed E-state index contributed by atoms with van der Waals surface area (Å²) < 4.78 is 0. The van der Waals surface area contributed by atoms with Crippen LogP contribution in [0.2, 0.25) is 0 Å². The zero-order valence-electron chi connectivity index (χ0n) is 26.3. The van der Waals surface area contributed by atoms with Gasteiger partial charge in [-0.2, -0.15) is 0 Å². The summed E-state index contributed by atoms with van der Waals surface area (Å²) in [6.45, 7) is 17.2. The molecule has 38 heavy (non-hydrogen) atoms. The molecule has 4 saturated carbocycles. The number of hydrogen-bond acceptors (Lipinski definition) is 4. The van der Waals surface area contributed by atoms with E-state index >= 15 is 0 Å². The molecule has 4 heteroatoms. The Balaban J connectivity index is 1.30. The highest BCUT2D eigenvalue weighted by Crippen LogP contribution is 2.68. The first-order valence-electron chi connectivity index (χ1n) is 17.0. The van der Waals surface area contributed by atoms with Gasteiger partial charge in [0.2, 0.25) is 0 Å². The van der Waals surface area contributed by atoms with Gasteiger partial charge in [0.05, 0.1) is 0 Å². The van der Waals surface area contributed by atoms with E-state index in [-0.39, 0.29) is 5.54 Å². The molecule has 0 saturated heterocycles. The molecule has 4 aliphatic rings. The van der Waals surface area contributed by atoms with Gasteiger partial charge in [0.15, 0.2) is 0 Å². The smallest absolute Gasteiger partial charge is 0.0226 e. The van der Waals surface area contributed by atoms with Crippen molar-refractivity contribution in [1.29, 1.82) is 0 Å². The molecule has 222 valence electrons. The zero-order valence-corrected chi connectivity index (χ0v) is 26.3. The Kier molecular flexibility index (Phi) is 10.7. The molecule has 4 aliphatic carbocycles. The molecule has 0 bridgehead atoms. The van der Waals surface area contributed by atoms with Gasteiger partial charge >= 0.3 is 0 Å². The lowest BCUT2D eigenvalue weighted by Crippen LogP contribution is -2.68. The molecule has 0 amide bonds. The molecule has 0 aromatic heterocycles. The van der Waals surface area contributed by atoms with E-state index in [1.165, 1.54) is 89.9 Å². The second-order valence-electron chi connectivity index (χ2n) is 15.5. The third-order valence-corrected chi connectivity index (χ3v) is 12.9. The first-order valence-corrected chi connectivity index (χ1v) is 17.0. The molecular formula is C34H66N4. The predicted octanol–water partition coefficient (Wildman–Crippen LogP) is 6.74. The van der Waals surface area contributed by atoms with Crippen LogP contribution in [-0.4, -0.2) is 44.8 Å². The van der Waals surface area contributed by atoms with Crippen molar-refractivity contribution in [2.45, 2.75) is 136 Å². The molecule has 9 atom stereocenters. The first-order chi connectivity index (χ1) is 18.1. The number of fused-ring (bicyclic) bond motifs is 5. The first kappa shape index (κ1) is 30.8. The minimum Gasteiger partial charge on any atom is -0.325 e. The molecule has 0 aliphatic heterocycles.